The topological polar surface area (TPSA) is 49.3 Å². The van der Waals surface area contributed by atoms with Gasteiger partial charge in [-0.2, -0.15) is 0 Å². The first kappa shape index (κ1) is 16.1. The first-order valence-corrected chi connectivity index (χ1v) is 6.91. The van der Waals surface area contributed by atoms with Gasteiger partial charge in [0.1, 0.15) is 5.82 Å². The molecule has 1 unspecified atom stereocenters. The Hall–Kier alpha value is -0.940. The normalized spacial score (nSPS) is 13.2. The van der Waals surface area contributed by atoms with Gasteiger partial charge in [0.25, 0.3) is 5.91 Å². The second-order valence-electron chi connectivity index (χ2n) is 5.56. The van der Waals surface area contributed by atoms with Gasteiger partial charge in [0.05, 0.1) is 6.10 Å². The Kier molecular flexibility index (Phi) is 5.50. The predicted octanol–water partition coefficient (Wildman–Crippen LogP) is 3.12. The van der Waals surface area contributed by atoms with Crippen LogP contribution in [0.15, 0.2) is 22.7 Å². The molecular formula is C14H19BrFNO2. The molecule has 19 heavy (non-hydrogen) atoms. The predicted molar refractivity (Wildman–Crippen MR) is 76.5 cm³/mol. The zero-order chi connectivity index (χ0) is 14.6. The lowest BCUT2D eigenvalue weighted by Gasteiger charge is -2.26. The van der Waals surface area contributed by atoms with Crippen LogP contribution in [0.1, 0.15) is 37.6 Å². The number of amides is 1. The third-order valence-corrected chi connectivity index (χ3v) is 3.16. The third-order valence-electron chi connectivity index (χ3n) is 2.70. The Balaban J connectivity index is 2.65. The van der Waals surface area contributed by atoms with Crippen molar-refractivity contribution in [1.29, 1.82) is 0 Å². The van der Waals surface area contributed by atoms with Crippen molar-refractivity contribution in [1.82, 2.24) is 5.32 Å². The quantitative estimate of drug-likeness (QED) is 0.870. The van der Waals surface area contributed by atoms with E-state index in [1.807, 2.05) is 13.8 Å². The van der Waals surface area contributed by atoms with Crippen molar-refractivity contribution in [2.45, 2.75) is 33.3 Å². The van der Waals surface area contributed by atoms with Gasteiger partial charge < -0.3 is 10.4 Å². The van der Waals surface area contributed by atoms with E-state index < -0.39 is 11.9 Å². The lowest BCUT2D eigenvalue weighted by Crippen LogP contribution is -2.35. The fourth-order valence-corrected chi connectivity index (χ4v) is 2.44. The summed E-state index contributed by atoms with van der Waals surface area (Å²) in [6.45, 7) is 6.06. The molecule has 0 saturated heterocycles. The number of hydrogen-bond acceptors (Lipinski definition) is 2. The zero-order valence-electron chi connectivity index (χ0n) is 11.3. The summed E-state index contributed by atoms with van der Waals surface area (Å²) in [5.74, 6) is -0.776. The molecule has 2 N–H and O–H groups in total. The van der Waals surface area contributed by atoms with Crippen LogP contribution in [0.4, 0.5) is 4.39 Å². The minimum absolute atomic E-state index is 0.214. The van der Waals surface area contributed by atoms with Crippen LogP contribution in [0.2, 0.25) is 0 Å². The molecule has 0 aliphatic heterocycles. The molecule has 1 amide bonds. The lowest BCUT2D eigenvalue weighted by atomic mass is 9.87. The maximum Gasteiger partial charge on any atom is 0.251 e. The molecule has 0 radical (unpaired) electrons. The summed E-state index contributed by atoms with van der Waals surface area (Å²) in [6.07, 6.45) is 0.162. The minimum Gasteiger partial charge on any atom is -0.393 e. The molecule has 0 aliphatic rings. The molecule has 1 rings (SSSR count). The molecular weight excluding hydrogens is 313 g/mol. The van der Waals surface area contributed by atoms with Gasteiger partial charge in [0, 0.05) is 16.6 Å². The Morgan fingerprint density at radius 1 is 1.47 bits per heavy atom. The fraction of sp³-hybridized carbons (Fsp3) is 0.500. The van der Waals surface area contributed by atoms with Crippen LogP contribution >= 0.6 is 15.9 Å². The molecule has 0 fully saturated rings. The van der Waals surface area contributed by atoms with Crippen LogP contribution in [-0.4, -0.2) is 23.7 Å². The Labute approximate surface area is 121 Å². The number of halogens is 2. The van der Waals surface area contributed by atoms with Crippen LogP contribution in [0.5, 0.6) is 0 Å². The first-order valence-electron chi connectivity index (χ1n) is 6.12. The van der Waals surface area contributed by atoms with Gasteiger partial charge in [-0.3, -0.25) is 4.79 Å². The van der Waals surface area contributed by atoms with Crippen molar-refractivity contribution in [3.05, 3.63) is 34.1 Å². The largest absolute Gasteiger partial charge is 0.393 e. The molecule has 106 valence electrons. The molecule has 0 aromatic heterocycles. The number of rotatable bonds is 5. The summed E-state index contributed by atoms with van der Waals surface area (Å²) < 4.78 is 13.7. The van der Waals surface area contributed by atoms with Crippen molar-refractivity contribution < 1.29 is 14.3 Å². The number of hydrogen-bond donors (Lipinski definition) is 2. The third kappa shape index (κ3) is 5.70. The van der Waals surface area contributed by atoms with Gasteiger partial charge in [-0.1, -0.05) is 29.8 Å². The number of aliphatic hydroxyl groups excluding tert-OH is 1. The highest BCUT2D eigenvalue weighted by Crippen LogP contribution is 2.21. The number of benzene rings is 1. The molecule has 0 bridgehead atoms. The summed E-state index contributed by atoms with van der Waals surface area (Å²) in [5, 5.41) is 12.1. The summed E-state index contributed by atoms with van der Waals surface area (Å²) in [7, 11) is 0. The molecule has 1 aromatic carbocycles. The van der Waals surface area contributed by atoms with Crippen LogP contribution in [0, 0.1) is 11.2 Å². The minimum atomic E-state index is -0.456. The standard InChI is InChI=1S/C14H19BrFNO2/c1-9(18)7-14(2,3)8-17-13(19)10-4-11(15)6-12(16)5-10/h4-6,9,18H,7-8H2,1-3H3,(H,17,19). The van der Waals surface area contributed by atoms with Crippen molar-refractivity contribution in [2.75, 3.05) is 6.54 Å². The molecule has 0 spiro atoms. The average Bonchev–Trinajstić information content (AvgIpc) is 2.22. The zero-order valence-corrected chi connectivity index (χ0v) is 12.9. The molecule has 0 heterocycles. The van der Waals surface area contributed by atoms with Gasteiger partial charge in [0.2, 0.25) is 0 Å². The number of nitrogens with one attached hydrogen (secondary N) is 1. The average molecular weight is 332 g/mol. The van der Waals surface area contributed by atoms with Crippen LogP contribution in [-0.2, 0) is 0 Å². The van der Waals surface area contributed by atoms with E-state index in [1.165, 1.54) is 12.1 Å². The van der Waals surface area contributed by atoms with Gasteiger partial charge in [0.15, 0.2) is 0 Å². The SMILES string of the molecule is CC(O)CC(C)(C)CNC(=O)c1cc(F)cc(Br)c1. The van der Waals surface area contributed by atoms with Crippen LogP contribution < -0.4 is 5.32 Å². The Morgan fingerprint density at radius 3 is 2.63 bits per heavy atom. The second-order valence-corrected chi connectivity index (χ2v) is 6.47. The molecule has 0 saturated carbocycles. The van der Waals surface area contributed by atoms with E-state index in [9.17, 15) is 14.3 Å². The molecule has 5 heteroatoms. The van der Waals surface area contributed by atoms with Gasteiger partial charge in [-0.25, -0.2) is 4.39 Å². The highest BCUT2D eigenvalue weighted by molar-refractivity contribution is 9.10. The first-order chi connectivity index (χ1) is 8.69. The van der Waals surface area contributed by atoms with E-state index in [2.05, 4.69) is 21.2 Å². The summed E-state index contributed by atoms with van der Waals surface area (Å²) in [4.78, 5) is 11.9. The van der Waals surface area contributed by atoms with Gasteiger partial charge in [-0.05, 0) is 37.0 Å². The second kappa shape index (κ2) is 6.48. The Bertz CT molecular complexity index is 441. The highest BCUT2D eigenvalue weighted by Gasteiger charge is 2.21. The monoisotopic (exact) mass is 331 g/mol. The maximum atomic E-state index is 13.2. The van der Waals surface area contributed by atoms with Crippen LogP contribution in [0.25, 0.3) is 0 Å². The van der Waals surface area contributed by atoms with E-state index in [0.717, 1.165) is 0 Å². The molecule has 0 aliphatic carbocycles. The summed E-state index contributed by atoms with van der Waals surface area (Å²) >= 11 is 3.15. The van der Waals surface area contributed by atoms with Crippen molar-refractivity contribution in [2.24, 2.45) is 5.41 Å². The van der Waals surface area contributed by atoms with E-state index in [1.54, 1.807) is 13.0 Å². The van der Waals surface area contributed by atoms with Crippen molar-refractivity contribution in [3.8, 4) is 0 Å². The van der Waals surface area contributed by atoms with Crippen molar-refractivity contribution >= 4 is 21.8 Å². The fourth-order valence-electron chi connectivity index (χ4n) is 1.98. The number of carbonyl (C=O) groups excluding carboxylic acids is 1. The lowest BCUT2D eigenvalue weighted by molar-refractivity contribution is 0.0901. The van der Waals surface area contributed by atoms with Gasteiger partial charge in [-0.15, -0.1) is 0 Å². The highest BCUT2D eigenvalue weighted by atomic mass is 79.9. The molecule has 1 aromatic rings. The van der Waals surface area contributed by atoms with E-state index in [-0.39, 0.29) is 16.9 Å². The van der Waals surface area contributed by atoms with E-state index >= 15 is 0 Å². The van der Waals surface area contributed by atoms with Crippen molar-refractivity contribution in [3.63, 3.8) is 0 Å². The van der Waals surface area contributed by atoms with Gasteiger partial charge >= 0.3 is 0 Å². The molecule has 1 atom stereocenters. The number of carbonyl (C=O) groups is 1. The van der Waals surface area contributed by atoms with Crippen LogP contribution in [0.3, 0.4) is 0 Å². The Morgan fingerprint density at radius 2 is 2.11 bits per heavy atom. The summed E-state index contributed by atoms with van der Waals surface area (Å²) in [5.41, 5.74) is 0.0636. The van der Waals surface area contributed by atoms with E-state index in [4.69, 9.17) is 0 Å². The summed E-state index contributed by atoms with van der Waals surface area (Å²) in [6, 6.07) is 4.07. The van der Waals surface area contributed by atoms with E-state index in [0.29, 0.717) is 17.4 Å². The maximum absolute atomic E-state index is 13.2. The smallest absolute Gasteiger partial charge is 0.251 e. The number of aliphatic hydroxyl groups is 1. The molecule has 3 nitrogen and oxygen atoms in total.